The molecule has 94 valence electrons. The maximum atomic E-state index is 10.9. The number of pyridine rings is 1. The van der Waals surface area contributed by atoms with Gasteiger partial charge >= 0.3 is 5.97 Å². The van der Waals surface area contributed by atoms with Crippen molar-refractivity contribution in [1.29, 1.82) is 0 Å². The normalized spacial score (nSPS) is 14.1. The van der Waals surface area contributed by atoms with Crippen LogP contribution in [0.4, 0.5) is 5.82 Å². The highest BCUT2D eigenvalue weighted by Gasteiger charge is 2.19. The van der Waals surface area contributed by atoms with Crippen molar-refractivity contribution in [3.63, 3.8) is 0 Å². The molecule has 0 aliphatic carbocycles. The molecule has 0 saturated carbocycles. The Morgan fingerprint density at radius 2 is 2.00 bits per heavy atom. The fourth-order valence-electron chi connectivity index (χ4n) is 1.79. The van der Waals surface area contributed by atoms with E-state index < -0.39 is 11.9 Å². The van der Waals surface area contributed by atoms with Crippen molar-refractivity contribution in [1.82, 2.24) is 4.98 Å². The number of aromatic nitrogens is 1. The van der Waals surface area contributed by atoms with Gasteiger partial charge in [0, 0.05) is 17.6 Å². The van der Waals surface area contributed by atoms with Crippen LogP contribution in [0.5, 0.6) is 0 Å². The molecule has 2 atom stereocenters. The molecule has 0 fully saturated rings. The highest BCUT2D eigenvalue weighted by atomic mass is 16.4. The van der Waals surface area contributed by atoms with Crippen molar-refractivity contribution in [3.8, 4) is 0 Å². The van der Waals surface area contributed by atoms with Crippen molar-refractivity contribution in [2.75, 3.05) is 5.32 Å². The van der Waals surface area contributed by atoms with E-state index in [2.05, 4.69) is 10.3 Å². The van der Waals surface area contributed by atoms with Gasteiger partial charge in [-0.25, -0.2) is 4.98 Å². The summed E-state index contributed by atoms with van der Waals surface area (Å²) in [5.41, 5.74) is 0. The lowest BCUT2D eigenvalue weighted by atomic mass is 10.0. The summed E-state index contributed by atoms with van der Waals surface area (Å²) in [6, 6.07) is 9.65. The standard InChI is InChI=1S/C14H16N2O2/c1-9(14(17)18)10(2)16-13-12-6-4-3-5-11(12)7-8-15-13/h3-10H,1-2H3,(H,15,16)(H,17,18). The van der Waals surface area contributed by atoms with E-state index >= 15 is 0 Å². The first-order valence-electron chi connectivity index (χ1n) is 5.92. The molecule has 1 aromatic heterocycles. The van der Waals surface area contributed by atoms with Crippen LogP contribution in [0, 0.1) is 5.92 Å². The second-order valence-electron chi connectivity index (χ2n) is 4.44. The maximum Gasteiger partial charge on any atom is 0.308 e. The van der Waals surface area contributed by atoms with Crippen LogP contribution in [-0.2, 0) is 4.79 Å². The molecular formula is C14H16N2O2. The van der Waals surface area contributed by atoms with Gasteiger partial charge in [0.1, 0.15) is 5.82 Å². The van der Waals surface area contributed by atoms with Crippen LogP contribution in [0.3, 0.4) is 0 Å². The SMILES string of the molecule is CC(Nc1nccc2ccccc12)C(C)C(=O)O. The van der Waals surface area contributed by atoms with Gasteiger partial charge in [0.25, 0.3) is 0 Å². The van der Waals surface area contributed by atoms with E-state index in [0.717, 1.165) is 16.6 Å². The molecule has 0 saturated heterocycles. The molecule has 2 unspecified atom stereocenters. The zero-order valence-corrected chi connectivity index (χ0v) is 10.4. The fourth-order valence-corrected chi connectivity index (χ4v) is 1.79. The van der Waals surface area contributed by atoms with E-state index in [4.69, 9.17) is 5.11 Å². The molecule has 1 heterocycles. The number of aliphatic carboxylic acids is 1. The van der Waals surface area contributed by atoms with Gasteiger partial charge < -0.3 is 10.4 Å². The smallest absolute Gasteiger partial charge is 0.308 e. The van der Waals surface area contributed by atoms with Crippen LogP contribution >= 0.6 is 0 Å². The van der Waals surface area contributed by atoms with Gasteiger partial charge in [-0.05, 0) is 25.3 Å². The third-order valence-electron chi connectivity index (χ3n) is 3.18. The average molecular weight is 244 g/mol. The Morgan fingerprint density at radius 3 is 2.72 bits per heavy atom. The van der Waals surface area contributed by atoms with Crippen LogP contribution in [0.15, 0.2) is 36.5 Å². The average Bonchev–Trinajstić information content (AvgIpc) is 2.38. The van der Waals surface area contributed by atoms with E-state index in [-0.39, 0.29) is 6.04 Å². The summed E-state index contributed by atoms with van der Waals surface area (Å²) >= 11 is 0. The number of carboxylic acids is 1. The molecular weight excluding hydrogens is 228 g/mol. The lowest BCUT2D eigenvalue weighted by molar-refractivity contribution is -0.141. The molecule has 2 N–H and O–H groups in total. The Hall–Kier alpha value is -2.10. The number of carboxylic acid groups (broad SMARTS) is 1. The number of anilines is 1. The topological polar surface area (TPSA) is 62.2 Å². The number of rotatable bonds is 4. The lowest BCUT2D eigenvalue weighted by Gasteiger charge is -2.19. The summed E-state index contributed by atoms with van der Waals surface area (Å²) in [6.45, 7) is 3.54. The molecule has 2 rings (SSSR count). The number of fused-ring (bicyclic) bond motifs is 1. The van der Waals surface area contributed by atoms with Crippen molar-refractivity contribution in [2.24, 2.45) is 5.92 Å². The molecule has 1 aromatic carbocycles. The zero-order chi connectivity index (χ0) is 13.1. The highest BCUT2D eigenvalue weighted by Crippen LogP contribution is 2.22. The molecule has 4 heteroatoms. The van der Waals surface area contributed by atoms with Gasteiger partial charge in [0.15, 0.2) is 0 Å². The monoisotopic (exact) mass is 244 g/mol. The molecule has 0 bridgehead atoms. The predicted molar refractivity (Wildman–Crippen MR) is 71.6 cm³/mol. The molecule has 0 aliphatic heterocycles. The van der Waals surface area contributed by atoms with Gasteiger partial charge in [-0.1, -0.05) is 24.3 Å². The molecule has 0 amide bonds. The zero-order valence-electron chi connectivity index (χ0n) is 10.4. The minimum atomic E-state index is -0.810. The van der Waals surface area contributed by atoms with Crippen LogP contribution in [0.2, 0.25) is 0 Å². The van der Waals surface area contributed by atoms with Gasteiger partial charge in [-0.2, -0.15) is 0 Å². The van der Waals surface area contributed by atoms with Crippen molar-refractivity contribution in [2.45, 2.75) is 19.9 Å². The number of hydrogen-bond acceptors (Lipinski definition) is 3. The number of carbonyl (C=O) groups is 1. The highest BCUT2D eigenvalue weighted by molar-refractivity contribution is 5.91. The van der Waals surface area contributed by atoms with Crippen molar-refractivity contribution in [3.05, 3.63) is 36.5 Å². The Kier molecular flexibility index (Phi) is 3.46. The van der Waals surface area contributed by atoms with Gasteiger partial charge in [-0.15, -0.1) is 0 Å². The second kappa shape index (κ2) is 5.04. The lowest BCUT2D eigenvalue weighted by Crippen LogP contribution is -2.30. The molecule has 0 spiro atoms. The predicted octanol–water partition coefficient (Wildman–Crippen LogP) is 2.76. The first-order chi connectivity index (χ1) is 8.59. The fraction of sp³-hybridized carbons (Fsp3) is 0.286. The third kappa shape index (κ3) is 2.42. The van der Waals surface area contributed by atoms with E-state index in [0.29, 0.717) is 0 Å². The number of nitrogens with zero attached hydrogens (tertiary/aromatic N) is 1. The summed E-state index contributed by atoms with van der Waals surface area (Å²) in [4.78, 5) is 15.2. The molecule has 18 heavy (non-hydrogen) atoms. The van der Waals surface area contributed by atoms with Crippen LogP contribution < -0.4 is 5.32 Å². The van der Waals surface area contributed by atoms with E-state index in [1.54, 1.807) is 13.1 Å². The Bertz CT molecular complexity index is 563. The second-order valence-corrected chi connectivity index (χ2v) is 4.44. The molecule has 0 radical (unpaired) electrons. The number of nitrogens with one attached hydrogen (secondary N) is 1. The Labute approximate surface area is 106 Å². The summed E-state index contributed by atoms with van der Waals surface area (Å²) in [5.74, 6) is -0.547. The van der Waals surface area contributed by atoms with Crippen LogP contribution in [-0.4, -0.2) is 22.1 Å². The molecule has 2 aromatic rings. The van der Waals surface area contributed by atoms with E-state index in [1.807, 2.05) is 37.3 Å². The number of hydrogen-bond donors (Lipinski definition) is 2. The summed E-state index contributed by atoms with van der Waals surface area (Å²) in [7, 11) is 0. The summed E-state index contributed by atoms with van der Waals surface area (Å²) in [5, 5.41) is 14.2. The first kappa shape index (κ1) is 12.4. The first-order valence-corrected chi connectivity index (χ1v) is 5.92. The number of benzene rings is 1. The van der Waals surface area contributed by atoms with Crippen molar-refractivity contribution >= 4 is 22.6 Å². The van der Waals surface area contributed by atoms with Crippen molar-refractivity contribution < 1.29 is 9.90 Å². The third-order valence-corrected chi connectivity index (χ3v) is 3.18. The Balaban J connectivity index is 2.29. The minimum Gasteiger partial charge on any atom is -0.481 e. The summed E-state index contributed by atoms with van der Waals surface area (Å²) < 4.78 is 0. The van der Waals surface area contributed by atoms with Gasteiger partial charge in [0.2, 0.25) is 0 Å². The van der Waals surface area contributed by atoms with Crippen LogP contribution in [0.1, 0.15) is 13.8 Å². The molecule has 0 aliphatic rings. The Morgan fingerprint density at radius 1 is 1.28 bits per heavy atom. The minimum absolute atomic E-state index is 0.180. The largest absolute Gasteiger partial charge is 0.481 e. The quantitative estimate of drug-likeness (QED) is 0.868. The maximum absolute atomic E-state index is 10.9. The van der Waals surface area contributed by atoms with Gasteiger partial charge in [0.05, 0.1) is 5.92 Å². The van der Waals surface area contributed by atoms with E-state index in [9.17, 15) is 4.79 Å². The summed E-state index contributed by atoms with van der Waals surface area (Å²) in [6.07, 6.45) is 1.73. The molecule has 4 nitrogen and oxygen atoms in total. The van der Waals surface area contributed by atoms with Gasteiger partial charge in [-0.3, -0.25) is 4.79 Å². The van der Waals surface area contributed by atoms with E-state index in [1.165, 1.54) is 0 Å². The van der Waals surface area contributed by atoms with Crippen LogP contribution in [0.25, 0.3) is 10.8 Å².